The molecule has 0 aliphatic rings. The molecule has 0 aromatic heterocycles. The Bertz CT molecular complexity index is 274. The van der Waals surface area contributed by atoms with E-state index in [9.17, 15) is 0 Å². The van der Waals surface area contributed by atoms with Gasteiger partial charge in [0.2, 0.25) is 0 Å². The summed E-state index contributed by atoms with van der Waals surface area (Å²) in [5.74, 6) is 0. The fraction of sp³-hybridized carbons (Fsp3) is 0.400. The Kier molecular flexibility index (Phi) is 3.73. The molecule has 0 bridgehead atoms. The number of rotatable bonds is 4. The van der Waals surface area contributed by atoms with Gasteiger partial charge in [-0.1, -0.05) is 6.07 Å². The molecule has 2 N–H and O–H groups in total. The number of hydrogen-bond donors (Lipinski definition) is 2. The van der Waals surface area contributed by atoms with Crippen LogP contribution in [-0.4, -0.2) is 18.9 Å². The van der Waals surface area contributed by atoms with Crippen LogP contribution in [0.4, 0.5) is 5.69 Å². The van der Waals surface area contributed by atoms with Crippen molar-refractivity contribution in [2.45, 2.75) is 13.5 Å². The summed E-state index contributed by atoms with van der Waals surface area (Å²) in [5, 5.41) is 12.1. The minimum Gasteiger partial charge on any atom is -0.392 e. The van der Waals surface area contributed by atoms with Crippen molar-refractivity contribution in [2.24, 2.45) is 0 Å². The van der Waals surface area contributed by atoms with Crippen molar-refractivity contribution in [2.75, 3.05) is 19.2 Å². The summed E-state index contributed by atoms with van der Waals surface area (Å²) in [6.45, 7) is 2.54. The Labute approximate surface area is 78.3 Å². The predicted molar refractivity (Wildman–Crippen MR) is 52.6 cm³/mol. The van der Waals surface area contributed by atoms with Gasteiger partial charge in [0.15, 0.2) is 0 Å². The number of aliphatic hydroxyl groups is 1. The summed E-state index contributed by atoms with van der Waals surface area (Å²) in [6, 6.07) is 5.87. The molecule has 1 rings (SSSR count). The fourth-order valence-electron chi connectivity index (χ4n) is 1.11. The molecule has 0 heterocycles. The van der Waals surface area contributed by atoms with Gasteiger partial charge in [0, 0.05) is 12.8 Å². The summed E-state index contributed by atoms with van der Waals surface area (Å²) < 4.78 is 4.88. The van der Waals surface area contributed by atoms with Gasteiger partial charge in [-0.3, -0.25) is 0 Å². The summed E-state index contributed by atoms with van der Waals surface area (Å²) in [4.78, 5) is 0. The highest BCUT2D eigenvalue weighted by atomic mass is 16.5. The monoisotopic (exact) mass is 181 g/mol. The van der Waals surface area contributed by atoms with Crippen LogP contribution < -0.4 is 5.32 Å². The SMILES string of the molecule is COCNc1ccc(C)c(CO)c1. The molecule has 0 fully saturated rings. The van der Waals surface area contributed by atoms with E-state index in [4.69, 9.17) is 9.84 Å². The molecule has 1 aromatic carbocycles. The van der Waals surface area contributed by atoms with E-state index in [1.807, 2.05) is 25.1 Å². The Morgan fingerprint density at radius 1 is 1.46 bits per heavy atom. The van der Waals surface area contributed by atoms with Crippen molar-refractivity contribution in [3.63, 3.8) is 0 Å². The number of aryl methyl sites for hydroxylation is 1. The van der Waals surface area contributed by atoms with E-state index in [0.29, 0.717) is 6.73 Å². The van der Waals surface area contributed by atoms with Crippen molar-refractivity contribution in [3.05, 3.63) is 29.3 Å². The second-order valence-corrected chi connectivity index (χ2v) is 2.91. The second-order valence-electron chi connectivity index (χ2n) is 2.91. The van der Waals surface area contributed by atoms with Crippen LogP contribution in [0.5, 0.6) is 0 Å². The zero-order chi connectivity index (χ0) is 9.68. The van der Waals surface area contributed by atoms with Gasteiger partial charge in [0.25, 0.3) is 0 Å². The molecule has 0 amide bonds. The van der Waals surface area contributed by atoms with E-state index < -0.39 is 0 Å². The molecule has 0 unspecified atom stereocenters. The molecule has 3 nitrogen and oxygen atoms in total. The van der Waals surface area contributed by atoms with E-state index in [1.165, 1.54) is 0 Å². The van der Waals surface area contributed by atoms with Crippen molar-refractivity contribution < 1.29 is 9.84 Å². The van der Waals surface area contributed by atoms with E-state index >= 15 is 0 Å². The number of nitrogens with one attached hydrogen (secondary N) is 1. The average Bonchev–Trinajstić information content (AvgIpc) is 2.16. The minimum absolute atomic E-state index is 0.0777. The van der Waals surface area contributed by atoms with Gasteiger partial charge in [0.1, 0.15) is 6.73 Å². The Balaban J connectivity index is 2.74. The first-order valence-corrected chi connectivity index (χ1v) is 4.21. The largest absolute Gasteiger partial charge is 0.392 e. The van der Waals surface area contributed by atoms with Crippen LogP contribution in [0, 0.1) is 6.92 Å². The lowest BCUT2D eigenvalue weighted by atomic mass is 10.1. The standard InChI is InChI=1S/C10H15NO2/c1-8-3-4-10(11-7-13-2)5-9(8)6-12/h3-5,11-12H,6-7H2,1-2H3. The molecule has 72 valence electrons. The van der Waals surface area contributed by atoms with Crippen molar-refractivity contribution in [1.82, 2.24) is 0 Å². The normalized spacial score (nSPS) is 10.1. The van der Waals surface area contributed by atoms with Gasteiger partial charge in [-0.05, 0) is 30.2 Å². The maximum atomic E-state index is 9.01. The Morgan fingerprint density at radius 2 is 2.23 bits per heavy atom. The van der Waals surface area contributed by atoms with Crippen LogP contribution in [0.2, 0.25) is 0 Å². The fourth-order valence-corrected chi connectivity index (χ4v) is 1.11. The van der Waals surface area contributed by atoms with Gasteiger partial charge >= 0.3 is 0 Å². The zero-order valence-electron chi connectivity index (χ0n) is 8.00. The van der Waals surface area contributed by atoms with E-state index in [0.717, 1.165) is 16.8 Å². The van der Waals surface area contributed by atoms with Crippen LogP contribution >= 0.6 is 0 Å². The van der Waals surface area contributed by atoms with Crippen LogP contribution in [0.15, 0.2) is 18.2 Å². The summed E-state index contributed by atoms with van der Waals surface area (Å²) in [7, 11) is 1.63. The van der Waals surface area contributed by atoms with Gasteiger partial charge in [0.05, 0.1) is 6.61 Å². The van der Waals surface area contributed by atoms with Crippen LogP contribution in [0.1, 0.15) is 11.1 Å². The molecule has 0 saturated carbocycles. The lowest BCUT2D eigenvalue weighted by Gasteiger charge is -2.08. The molecule has 0 radical (unpaired) electrons. The third-order valence-corrected chi connectivity index (χ3v) is 1.94. The first kappa shape index (κ1) is 10.0. The summed E-state index contributed by atoms with van der Waals surface area (Å²) in [5.41, 5.74) is 3.02. The predicted octanol–water partition coefficient (Wildman–Crippen LogP) is 1.50. The number of hydrogen-bond acceptors (Lipinski definition) is 3. The van der Waals surface area contributed by atoms with Crippen molar-refractivity contribution in [3.8, 4) is 0 Å². The average molecular weight is 181 g/mol. The van der Waals surface area contributed by atoms with Crippen LogP contribution in [0.25, 0.3) is 0 Å². The molecule has 0 aliphatic heterocycles. The van der Waals surface area contributed by atoms with Gasteiger partial charge in [-0.15, -0.1) is 0 Å². The minimum atomic E-state index is 0.0777. The maximum absolute atomic E-state index is 9.01. The van der Waals surface area contributed by atoms with Crippen LogP contribution in [-0.2, 0) is 11.3 Å². The highest BCUT2D eigenvalue weighted by Gasteiger charge is 1.97. The molecule has 0 saturated heterocycles. The summed E-state index contributed by atoms with van der Waals surface area (Å²) in [6.07, 6.45) is 0. The summed E-state index contributed by atoms with van der Waals surface area (Å²) >= 11 is 0. The number of ether oxygens (including phenoxy) is 1. The highest BCUT2D eigenvalue weighted by Crippen LogP contribution is 2.14. The third kappa shape index (κ3) is 2.72. The highest BCUT2D eigenvalue weighted by molar-refractivity contribution is 5.48. The molecule has 0 aliphatic carbocycles. The van der Waals surface area contributed by atoms with Gasteiger partial charge in [-0.2, -0.15) is 0 Å². The molecular weight excluding hydrogens is 166 g/mol. The topological polar surface area (TPSA) is 41.5 Å². The molecule has 0 spiro atoms. The second kappa shape index (κ2) is 4.84. The number of benzene rings is 1. The van der Waals surface area contributed by atoms with Gasteiger partial charge in [-0.25, -0.2) is 0 Å². The smallest absolute Gasteiger partial charge is 0.116 e. The Morgan fingerprint density at radius 3 is 2.85 bits per heavy atom. The number of anilines is 1. The zero-order valence-corrected chi connectivity index (χ0v) is 8.00. The quantitative estimate of drug-likeness (QED) is 0.692. The first-order valence-electron chi connectivity index (χ1n) is 4.21. The third-order valence-electron chi connectivity index (χ3n) is 1.94. The number of methoxy groups -OCH3 is 1. The first-order chi connectivity index (χ1) is 6.27. The van der Waals surface area contributed by atoms with Crippen LogP contribution in [0.3, 0.4) is 0 Å². The van der Waals surface area contributed by atoms with E-state index in [1.54, 1.807) is 7.11 Å². The molecule has 13 heavy (non-hydrogen) atoms. The van der Waals surface area contributed by atoms with Crippen molar-refractivity contribution >= 4 is 5.69 Å². The Hall–Kier alpha value is -1.06. The molecule has 0 atom stereocenters. The van der Waals surface area contributed by atoms with Crippen molar-refractivity contribution in [1.29, 1.82) is 0 Å². The maximum Gasteiger partial charge on any atom is 0.116 e. The van der Waals surface area contributed by atoms with Gasteiger partial charge < -0.3 is 15.2 Å². The van der Waals surface area contributed by atoms with E-state index in [-0.39, 0.29) is 6.61 Å². The number of aliphatic hydroxyl groups excluding tert-OH is 1. The molecule has 1 aromatic rings. The van der Waals surface area contributed by atoms with E-state index in [2.05, 4.69) is 5.32 Å². The lowest BCUT2D eigenvalue weighted by molar-refractivity contribution is 0.221. The lowest BCUT2D eigenvalue weighted by Crippen LogP contribution is -2.03. The molecular formula is C10H15NO2. The molecule has 3 heteroatoms.